The highest BCUT2D eigenvalue weighted by atomic mass is 32.2. The number of hydrogen-bond donors (Lipinski definition) is 0. The molecule has 1 aliphatic heterocycles. The van der Waals surface area contributed by atoms with Crippen LogP contribution in [-0.2, 0) is 19.6 Å². The number of cyclic esters (lactones) is 1. The van der Waals surface area contributed by atoms with Crippen LogP contribution in [0.3, 0.4) is 0 Å². The van der Waals surface area contributed by atoms with Gasteiger partial charge in [0.05, 0.1) is 18.6 Å². The normalized spacial score (nSPS) is 15.3. The Labute approximate surface area is 175 Å². The van der Waals surface area contributed by atoms with Crippen LogP contribution in [-0.4, -0.2) is 52.4 Å². The molecule has 158 valence electrons. The molecule has 0 saturated carbocycles. The van der Waals surface area contributed by atoms with Gasteiger partial charge in [0.2, 0.25) is 15.9 Å². The van der Waals surface area contributed by atoms with E-state index in [-0.39, 0.29) is 16.5 Å². The largest absolute Gasteiger partial charge is 0.493 e. The summed E-state index contributed by atoms with van der Waals surface area (Å²) in [5.74, 6) is 0.543. The fourth-order valence-electron chi connectivity index (χ4n) is 2.74. The minimum atomic E-state index is -3.62. The lowest BCUT2D eigenvalue weighted by Crippen LogP contribution is -2.22. The van der Waals surface area contributed by atoms with Crippen molar-refractivity contribution in [2.75, 3.05) is 27.8 Å². The standard InChI is InChI=1S/C21H22N2O6S/c1-5-28-18-10-9-14(12-19(18)27-4)11-17-21(24)29-20(22-17)15-7-6-8-16(13-15)30(25,26)23(2)3/h6-13H,5H2,1-4H3. The Morgan fingerprint density at radius 3 is 2.57 bits per heavy atom. The molecule has 8 nitrogen and oxygen atoms in total. The fraction of sp³-hybridized carbons (Fsp3) is 0.238. The molecule has 1 heterocycles. The molecule has 0 spiro atoms. The second-order valence-corrected chi connectivity index (χ2v) is 8.65. The molecule has 0 saturated heterocycles. The molecule has 3 rings (SSSR count). The summed E-state index contributed by atoms with van der Waals surface area (Å²) in [6.45, 7) is 2.37. The Balaban J connectivity index is 1.94. The highest BCUT2D eigenvalue weighted by Crippen LogP contribution is 2.30. The molecule has 0 unspecified atom stereocenters. The first-order chi connectivity index (χ1) is 14.3. The number of sulfonamides is 1. The second-order valence-electron chi connectivity index (χ2n) is 6.49. The Kier molecular flexibility index (Phi) is 6.23. The third-order valence-corrected chi connectivity index (χ3v) is 6.08. The minimum Gasteiger partial charge on any atom is -0.493 e. The number of rotatable bonds is 7. The lowest BCUT2D eigenvalue weighted by molar-refractivity contribution is -0.129. The van der Waals surface area contributed by atoms with Gasteiger partial charge in [0.1, 0.15) is 0 Å². The van der Waals surface area contributed by atoms with Crippen LogP contribution >= 0.6 is 0 Å². The number of ether oxygens (including phenoxy) is 3. The number of esters is 1. The van der Waals surface area contributed by atoms with E-state index in [0.717, 1.165) is 4.31 Å². The van der Waals surface area contributed by atoms with Gasteiger partial charge >= 0.3 is 5.97 Å². The third kappa shape index (κ3) is 4.37. The zero-order valence-corrected chi connectivity index (χ0v) is 17.9. The third-order valence-electron chi connectivity index (χ3n) is 4.27. The van der Waals surface area contributed by atoms with E-state index < -0.39 is 16.0 Å². The predicted molar refractivity (Wildman–Crippen MR) is 112 cm³/mol. The smallest absolute Gasteiger partial charge is 0.363 e. The van der Waals surface area contributed by atoms with E-state index in [2.05, 4.69) is 4.99 Å². The van der Waals surface area contributed by atoms with Crippen molar-refractivity contribution in [3.63, 3.8) is 0 Å². The maximum absolute atomic E-state index is 12.3. The van der Waals surface area contributed by atoms with E-state index in [0.29, 0.717) is 29.2 Å². The van der Waals surface area contributed by atoms with Crippen LogP contribution < -0.4 is 9.47 Å². The van der Waals surface area contributed by atoms with E-state index in [1.54, 1.807) is 36.4 Å². The van der Waals surface area contributed by atoms with Gasteiger partial charge in [0.15, 0.2) is 17.2 Å². The van der Waals surface area contributed by atoms with Crippen LogP contribution in [0.2, 0.25) is 0 Å². The summed E-state index contributed by atoms with van der Waals surface area (Å²) in [7, 11) is 0.799. The number of hydrogen-bond acceptors (Lipinski definition) is 7. The first kappa shape index (κ1) is 21.5. The van der Waals surface area contributed by atoms with E-state index in [4.69, 9.17) is 14.2 Å². The Hall–Kier alpha value is -3.17. The van der Waals surface area contributed by atoms with Crippen molar-refractivity contribution in [3.05, 3.63) is 59.3 Å². The SMILES string of the molecule is CCOc1ccc(C=C2N=C(c3cccc(S(=O)(=O)N(C)C)c3)OC2=O)cc1OC. The Morgan fingerprint density at radius 1 is 1.13 bits per heavy atom. The second kappa shape index (κ2) is 8.68. The quantitative estimate of drug-likeness (QED) is 0.495. The first-order valence-corrected chi connectivity index (χ1v) is 10.6. The van der Waals surface area contributed by atoms with E-state index in [1.807, 2.05) is 6.92 Å². The molecule has 2 aromatic carbocycles. The fourth-order valence-corrected chi connectivity index (χ4v) is 3.69. The van der Waals surface area contributed by atoms with Gasteiger partial charge in [-0.1, -0.05) is 12.1 Å². The number of benzene rings is 2. The number of carbonyl (C=O) groups excluding carboxylic acids is 1. The molecule has 9 heteroatoms. The maximum Gasteiger partial charge on any atom is 0.363 e. The van der Waals surface area contributed by atoms with Crippen LogP contribution in [0, 0.1) is 0 Å². The Morgan fingerprint density at radius 2 is 1.90 bits per heavy atom. The summed E-state index contributed by atoms with van der Waals surface area (Å²) < 4.78 is 41.9. The number of nitrogens with zero attached hydrogens (tertiary/aromatic N) is 2. The van der Waals surface area contributed by atoms with Gasteiger partial charge in [-0.2, -0.15) is 0 Å². The summed E-state index contributed by atoms with van der Waals surface area (Å²) in [6.07, 6.45) is 1.56. The van der Waals surface area contributed by atoms with E-state index in [9.17, 15) is 13.2 Å². The molecule has 0 amide bonds. The summed E-state index contributed by atoms with van der Waals surface area (Å²) >= 11 is 0. The van der Waals surface area contributed by atoms with E-state index >= 15 is 0 Å². The molecule has 0 atom stereocenters. The van der Waals surface area contributed by atoms with E-state index in [1.165, 1.54) is 33.3 Å². The molecule has 0 aromatic heterocycles. The molecule has 2 aromatic rings. The maximum atomic E-state index is 12.3. The Bertz CT molecular complexity index is 1140. The number of carbonyl (C=O) groups is 1. The van der Waals surface area contributed by atoms with Crippen molar-refractivity contribution in [1.29, 1.82) is 0 Å². The summed E-state index contributed by atoms with van der Waals surface area (Å²) in [5, 5.41) is 0. The topological polar surface area (TPSA) is 94.5 Å². The summed E-state index contributed by atoms with van der Waals surface area (Å²) in [5.41, 5.74) is 1.16. The van der Waals surface area contributed by atoms with Crippen molar-refractivity contribution < 1.29 is 27.4 Å². The lowest BCUT2D eigenvalue weighted by atomic mass is 10.1. The predicted octanol–water partition coefficient (Wildman–Crippen LogP) is 2.69. The molecule has 0 aliphatic carbocycles. The number of methoxy groups -OCH3 is 1. The monoisotopic (exact) mass is 430 g/mol. The van der Waals surface area contributed by atoms with Gasteiger partial charge in [-0.25, -0.2) is 22.5 Å². The van der Waals surface area contributed by atoms with Gasteiger partial charge in [0.25, 0.3) is 0 Å². The van der Waals surface area contributed by atoms with Crippen molar-refractivity contribution in [3.8, 4) is 11.5 Å². The average molecular weight is 430 g/mol. The number of aliphatic imine (C=N–C) groups is 1. The molecular weight excluding hydrogens is 408 g/mol. The van der Waals surface area contributed by atoms with Crippen LogP contribution in [0.1, 0.15) is 18.1 Å². The molecule has 30 heavy (non-hydrogen) atoms. The lowest BCUT2D eigenvalue weighted by Gasteiger charge is -2.11. The van der Waals surface area contributed by atoms with Gasteiger partial charge < -0.3 is 14.2 Å². The van der Waals surface area contributed by atoms with Gasteiger partial charge in [-0.15, -0.1) is 0 Å². The van der Waals surface area contributed by atoms with Crippen LogP contribution in [0.25, 0.3) is 6.08 Å². The average Bonchev–Trinajstić information content (AvgIpc) is 3.09. The van der Waals surface area contributed by atoms with Crippen molar-refractivity contribution in [1.82, 2.24) is 4.31 Å². The first-order valence-electron chi connectivity index (χ1n) is 9.12. The van der Waals surface area contributed by atoms with Crippen molar-refractivity contribution >= 4 is 28.0 Å². The molecule has 0 fully saturated rings. The molecule has 0 N–H and O–H groups in total. The highest BCUT2D eigenvalue weighted by Gasteiger charge is 2.26. The van der Waals surface area contributed by atoms with Gasteiger partial charge in [-0.05, 0) is 48.9 Å². The molecule has 1 aliphatic rings. The van der Waals surface area contributed by atoms with Crippen molar-refractivity contribution in [2.24, 2.45) is 4.99 Å². The van der Waals surface area contributed by atoms with Gasteiger partial charge in [-0.3, -0.25) is 0 Å². The minimum absolute atomic E-state index is 0.0416. The molecule has 0 bridgehead atoms. The van der Waals surface area contributed by atoms with Gasteiger partial charge in [0, 0.05) is 19.7 Å². The summed E-state index contributed by atoms with van der Waals surface area (Å²) in [4.78, 5) is 16.6. The molecular formula is C21H22N2O6S. The van der Waals surface area contributed by atoms with Crippen LogP contribution in [0.15, 0.2) is 58.0 Å². The summed E-state index contributed by atoms with van der Waals surface area (Å²) in [6, 6.07) is 11.3. The van der Waals surface area contributed by atoms with Crippen LogP contribution in [0.4, 0.5) is 0 Å². The zero-order valence-electron chi connectivity index (χ0n) is 17.1. The van der Waals surface area contributed by atoms with Crippen LogP contribution in [0.5, 0.6) is 11.5 Å². The highest BCUT2D eigenvalue weighted by molar-refractivity contribution is 7.89. The zero-order chi connectivity index (χ0) is 21.9. The van der Waals surface area contributed by atoms with Crippen molar-refractivity contribution in [2.45, 2.75) is 11.8 Å². The molecule has 0 radical (unpaired) electrons.